The number of aromatic nitrogens is 3. The van der Waals surface area contributed by atoms with E-state index >= 15 is 0 Å². The summed E-state index contributed by atoms with van der Waals surface area (Å²) in [4.78, 5) is 15.9. The minimum absolute atomic E-state index is 0.568. The second-order valence-corrected chi connectivity index (χ2v) is 14.3. The Morgan fingerprint density at radius 3 is 1.38 bits per heavy atom. The Morgan fingerprint density at radius 2 is 0.732 bits per heavy atom. The van der Waals surface area contributed by atoms with Gasteiger partial charge in [-0.15, -0.1) is 0 Å². The SMILES string of the molecule is c1ccc(-c2nc(-c3cccc4oc5ccccc5c34)nc(-c3cccc4oc5ccccc5c34)n2)c(-c2ccc3c(ccc4c5ccccc5ccc34)c2)c1. The van der Waals surface area contributed by atoms with Crippen molar-refractivity contribution in [1.82, 2.24) is 15.0 Å². The molecule has 56 heavy (non-hydrogen) atoms. The van der Waals surface area contributed by atoms with Gasteiger partial charge in [-0.1, -0.05) is 146 Å². The van der Waals surface area contributed by atoms with Crippen LogP contribution in [0.5, 0.6) is 0 Å². The molecule has 0 aliphatic rings. The van der Waals surface area contributed by atoms with Crippen LogP contribution in [-0.4, -0.2) is 15.0 Å². The number of hydrogen-bond donors (Lipinski definition) is 0. The van der Waals surface area contributed by atoms with Gasteiger partial charge in [0.2, 0.25) is 0 Å². The van der Waals surface area contributed by atoms with Gasteiger partial charge >= 0.3 is 0 Å². The van der Waals surface area contributed by atoms with Gasteiger partial charge in [-0.25, -0.2) is 15.0 Å². The van der Waals surface area contributed by atoms with Crippen LogP contribution in [-0.2, 0) is 0 Å². The topological polar surface area (TPSA) is 65.0 Å². The van der Waals surface area contributed by atoms with Gasteiger partial charge in [0.1, 0.15) is 22.3 Å². The molecule has 0 atom stereocenters. The summed E-state index contributed by atoms with van der Waals surface area (Å²) in [5.74, 6) is 1.72. The van der Waals surface area contributed by atoms with Crippen molar-refractivity contribution in [3.05, 3.63) is 176 Å². The first-order valence-electron chi connectivity index (χ1n) is 18.8. The lowest BCUT2D eigenvalue weighted by molar-refractivity contribution is 0.668. The highest BCUT2D eigenvalue weighted by molar-refractivity contribution is 6.18. The third-order valence-electron chi connectivity index (χ3n) is 11.1. The standard InChI is InChI=1S/C51H29N3O2/c1-2-12-33-30(11-1)23-27-37-35-26-24-31(29-32(35)25-28-36(33)37)34-13-3-4-14-38(34)49-52-50(41-17-9-21-45-47(41)39-15-5-7-19-43(39)55-45)54-51(53-49)42-18-10-22-46-48(42)40-16-6-8-20-44(40)56-46/h1-29H. The summed E-state index contributed by atoms with van der Waals surface area (Å²) in [7, 11) is 0. The zero-order valence-electron chi connectivity index (χ0n) is 29.9. The summed E-state index contributed by atoms with van der Waals surface area (Å²) in [6.07, 6.45) is 0. The van der Waals surface area contributed by atoms with Crippen LogP contribution in [0.25, 0.3) is 121 Å². The maximum Gasteiger partial charge on any atom is 0.164 e. The van der Waals surface area contributed by atoms with Gasteiger partial charge in [-0.2, -0.15) is 0 Å². The molecule has 0 saturated carbocycles. The van der Waals surface area contributed by atoms with Gasteiger partial charge in [0, 0.05) is 38.2 Å². The zero-order valence-corrected chi connectivity index (χ0v) is 29.9. The van der Waals surface area contributed by atoms with E-state index in [2.05, 4.69) is 115 Å². The van der Waals surface area contributed by atoms with E-state index in [9.17, 15) is 0 Å². The molecule has 0 aliphatic carbocycles. The molecule has 0 N–H and O–H groups in total. The summed E-state index contributed by atoms with van der Waals surface area (Å²) < 4.78 is 12.6. The highest BCUT2D eigenvalue weighted by Crippen LogP contribution is 2.41. The van der Waals surface area contributed by atoms with Gasteiger partial charge in [0.05, 0.1) is 0 Å². The minimum Gasteiger partial charge on any atom is -0.456 e. The lowest BCUT2D eigenvalue weighted by Crippen LogP contribution is -2.01. The molecule has 3 aromatic heterocycles. The molecule has 0 fully saturated rings. The molecule has 0 unspecified atom stereocenters. The fourth-order valence-electron chi connectivity index (χ4n) is 8.59. The average Bonchev–Trinajstić information content (AvgIpc) is 3.84. The van der Waals surface area contributed by atoms with E-state index in [1.54, 1.807) is 0 Å². The first-order valence-corrected chi connectivity index (χ1v) is 18.8. The van der Waals surface area contributed by atoms with E-state index in [-0.39, 0.29) is 0 Å². The Bertz CT molecular complexity index is 3430. The number of para-hydroxylation sites is 2. The molecule has 12 rings (SSSR count). The Hall–Kier alpha value is -7.63. The van der Waals surface area contributed by atoms with Crippen molar-refractivity contribution in [3.8, 4) is 45.3 Å². The normalized spacial score (nSPS) is 11.9. The van der Waals surface area contributed by atoms with E-state index in [4.69, 9.17) is 23.8 Å². The Kier molecular flexibility index (Phi) is 6.56. The van der Waals surface area contributed by atoms with Crippen LogP contribution in [0.1, 0.15) is 0 Å². The fourth-order valence-corrected chi connectivity index (χ4v) is 8.59. The molecule has 0 amide bonds. The quantitative estimate of drug-likeness (QED) is 0.170. The number of rotatable bonds is 4. The van der Waals surface area contributed by atoms with Gasteiger partial charge in [-0.05, 0) is 73.8 Å². The molecular formula is C51H29N3O2. The molecule has 0 bridgehead atoms. The van der Waals surface area contributed by atoms with E-state index < -0.39 is 0 Å². The maximum absolute atomic E-state index is 6.32. The second kappa shape index (κ2) is 11.9. The molecule has 5 heteroatoms. The van der Waals surface area contributed by atoms with Crippen LogP contribution in [0, 0.1) is 0 Å². The second-order valence-electron chi connectivity index (χ2n) is 14.3. The monoisotopic (exact) mass is 715 g/mol. The molecule has 12 aromatic rings. The lowest BCUT2D eigenvalue weighted by Gasteiger charge is -2.14. The van der Waals surface area contributed by atoms with Crippen molar-refractivity contribution in [2.24, 2.45) is 0 Å². The average molecular weight is 716 g/mol. The maximum atomic E-state index is 6.32. The summed E-state index contributed by atoms with van der Waals surface area (Å²) in [6, 6.07) is 61.1. The van der Waals surface area contributed by atoms with E-state index in [0.717, 1.165) is 71.7 Å². The van der Waals surface area contributed by atoms with Crippen LogP contribution in [0.3, 0.4) is 0 Å². The van der Waals surface area contributed by atoms with Crippen LogP contribution in [0.2, 0.25) is 0 Å². The molecule has 3 heterocycles. The molecule has 9 aromatic carbocycles. The van der Waals surface area contributed by atoms with Gasteiger partial charge in [0.25, 0.3) is 0 Å². The van der Waals surface area contributed by atoms with E-state index in [1.165, 1.54) is 32.3 Å². The Balaban J connectivity index is 1.10. The first kappa shape index (κ1) is 30.8. The molecule has 260 valence electrons. The third-order valence-corrected chi connectivity index (χ3v) is 11.1. The number of benzene rings is 9. The first-order chi connectivity index (χ1) is 27.7. The predicted octanol–water partition coefficient (Wildman–Crippen LogP) is 13.8. The summed E-state index contributed by atoms with van der Waals surface area (Å²) >= 11 is 0. The predicted molar refractivity (Wildman–Crippen MR) is 229 cm³/mol. The smallest absolute Gasteiger partial charge is 0.164 e. The van der Waals surface area contributed by atoms with Crippen molar-refractivity contribution >= 4 is 76.2 Å². The fraction of sp³-hybridized carbons (Fsp3) is 0. The molecule has 5 nitrogen and oxygen atoms in total. The number of furan rings is 2. The molecular weight excluding hydrogens is 687 g/mol. The number of nitrogens with zero attached hydrogens (tertiary/aromatic N) is 3. The Labute approximate surface area is 320 Å². The van der Waals surface area contributed by atoms with Gasteiger partial charge in [-0.3, -0.25) is 0 Å². The summed E-state index contributed by atoms with van der Waals surface area (Å²) in [6.45, 7) is 0. The van der Waals surface area contributed by atoms with Crippen LogP contribution >= 0.6 is 0 Å². The lowest BCUT2D eigenvalue weighted by atomic mass is 9.93. The van der Waals surface area contributed by atoms with Crippen molar-refractivity contribution in [1.29, 1.82) is 0 Å². The molecule has 0 radical (unpaired) electrons. The third kappa shape index (κ3) is 4.64. The van der Waals surface area contributed by atoms with E-state index in [0.29, 0.717) is 17.5 Å². The van der Waals surface area contributed by atoms with Gasteiger partial charge in [0.15, 0.2) is 17.5 Å². The minimum atomic E-state index is 0.568. The van der Waals surface area contributed by atoms with Crippen molar-refractivity contribution in [3.63, 3.8) is 0 Å². The van der Waals surface area contributed by atoms with E-state index in [1.807, 2.05) is 60.7 Å². The van der Waals surface area contributed by atoms with Crippen LogP contribution < -0.4 is 0 Å². The number of fused-ring (bicyclic) bond motifs is 11. The highest BCUT2D eigenvalue weighted by Gasteiger charge is 2.21. The van der Waals surface area contributed by atoms with Gasteiger partial charge < -0.3 is 8.83 Å². The van der Waals surface area contributed by atoms with Crippen molar-refractivity contribution < 1.29 is 8.83 Å². The largest absolute Gasteiger partial charge is 0.456 e. The van der Waals surface area contributed by atoms with Crippen LogP contribution in [0.4, 0.5) is 0 Å². The Morgan fingerprint density at radius 1 is 0.286 bits per heavy atom. The molecule has 0 spiro atoms. The summed E-state index contributed by atoms with van der Waals surface area (Å²) in [5.41, 5.74) is 8.01. The van der Waals surface area contributed by atoms with Crippen molar-refractivity contribution in [2.75, 3.05) is 0 Å². The molecule has 0 aliphatic heterocycles. The zero-order chi connectivity index (χ0) is 36.7. The number of hydrogen-bond acceptors (Lipinski definition) is 5. The summed E-state index contributed by atoms with van der Waals surface area (Å²) in [5, 5.41) is 11.4. The van der Waals surface area contributed by atoms with Crippen LogP contribution in [0.15, 0.2) is 185 Å². The highest BCUT2D eigenvalue weighted by atomic mass is 16.3. The molecule has 0 saturated heterocycles. The van der Waals surface area contributed by atoms with Crippen molar-refractivity contribution in [2.45, 2.75) is 0 Å².